The van der Waals surface area contributed by atoms with Crippen molar-refractivity contribution in [2.24, 2.45) is 7.05 Å². The number of amides is 2. The average Bonchev–Trinajstić information content (AvgIpc) is 3.67. The molecule has 0 saturated heterocycles. The summed E-state index contributed by atoms with van der Waals surface area (Å²) in [6.07, 6.45) is 4.79. The molecule has 2 amide bonds. The third-order valence-electron chi connectivity index (χ3n) is 7.35. The number of hydrogen-bond donors (Lipinski definition) is 3. The lowest BCUT2D eigenvalue weighted by Gasteiger charge is -2.29. The molecule has 4 aromatic rings. The normalized spacial score (nSPS) is 14.6. The first kappa shape index (κ1) is 25.6. The second kappa shape index (κ2) is 10.1. The van der Waals surface area contributed by atoms with E-state index in [4.69, 9.17) is 4.74 Å². The molecule has 10 heteroatoms. The van der Waals surface area contributed by atoms with Crippen molar-refractivity contribution >= 4 is 34.7 Å². The summed E-state index contributed by atoms with van der Waals surface area (Å²) >= 11 is 0. The van der Waals surface area contributed by atoms with Gasteiger partial charge in [0.15, 0.2) is 0 Å². The Bertz CT molecular complexity index is 1590. The van der Waals surface area contributed by atoms with Crippen molar-refractivity contribution in [2.75, 3.05) is 29.6 Å². The Labute approximate surface area is 232 Å². The van der Waals surface area contributed by atoms with Crippen LogP contribution >= 0.6 is 0 Å². The van der Waals surface area contributed by atoms with Gasteiger partial charge in [0.05, 0.1) is 34.9 Å². The van der Waals surface area contributed by atoms with Crippen LogP contribution in [0.4, 0.5) is 22.9 Å². The Morgan fingerprint density at radius 1 is 1.05 bits per heavy atom. The number of benzene rings is 2. The number of anilines is 4. The molecular weight excluding hydrogens is 506 g/mol. The summed E-state index contributed by atoms with van der Waals surface area (Å²) in [6, 6.07) is 17.4. The van der Waals surface area contributed by atoms with Gasteiger partial charge in [0, 0.05) is 57.3 Å². The molecule has 2 aromatic heterocycles. The Kier molecular flexibility index (Phi) is 6.47. The topological polar surface area (TPSA) is 113 Å². The molecule has 1 aliphatic carbocycles. The lowest BCUT2D eigenvalue weighted by Crippen LogP contribution is -2.32. The number of carbonyl (C=O) groups excluding carboxylic acids is 2. The molecule has 0 atom stereocenters. The summed E-state index contributed by atoms with van der Waals surface area (Å²) in [4.78, 5) is 32.5. The van der Waals surface area contributed by atoms with Crippen LogP contribution in [0.3, 0.4) is 0 Å². The monoisotopic (exact) mass is 537 g/mol. The van der Waals surface area contributed by atoms with Gasteiger partial charge < -0.3 is 25.6 Å². The van der Waals surface area contributed by atoms with E-state index in [9.17, 15) is 9.59 Å². The summed E-state index contributed by atoms with van der Waals surface area (Å²) in [6.45, 7) is 1.06. The van der Waals surface area contributed by atoms with Crippen molar-refractivity contribution in [3.8, 4) is 11.3 Å². The molecule has 2 aromatic carbocycles. The number of para-hydroxylation sites is 1. The van der Waals surface area contributed by atoms with Gasteiger partial charge in [-0.05, 0) is 24.5 Å². The minimum Gasteiger partial charge on any atom is -0.368 e. The number of rotatable bonds is 8. The maximum absolute atomic E-state index is 13.2. The maximum atomic E-state index is 13.2. The van der Waals surface area contributed by atoms with Crippen molar-refractivity contribution < 1.29 is 14.3 Å². The van der Waals surface area contributed by atoms with Crippen LogP contribution in [0.15, 0.2) is 67.0 Å². The van der Waals surface area contributed by atoms with Crippen molar-refractivity contribution in [2.45, 2.75) is 31.6 Å². The van der Waals surface area contributed by atoms with Gasteiger partial charge in [0.1, 0.15) is 11.4 Å². The number of nitrogens with zero attached hydrogens (tertiary/aromatic N) is 4. The zero-order valence-electron chi connectivity index (χ0n) is 22.7. The van der Waals surface area contributed by atoms with Gasteiger partial charge >= 0.3 is 0 Å². The van der Waals surface area contributed by atoms with Crippen LogP contribution in [-0.4, -0.2) is 46.3 Å². The number of nitrogens with one attached hydrogen (secondary N) is 3. The van der Waals surface area contributed by atoms with E-state index in [1.807, 2.05) is 73.5 Å². The molecule has 204 valence electrons. The molecule has 2 aliphatic rings. The van der Waals surface area contributed by atoms with E-state index < -0.39 is 5.60 Å². The SMILES string of the molecule is CNC(=O)c1cnc(NC(=O)C2(OCc3ccccc3)CC2)cc1Nc1cccc2c1N(C)Cc1cn(C)nc1-2. The van der Waals surface area contributed by atoms with E-state index >= 15 is 0 Å². The first-order valence-electron chi connectivity index (χ1n) is 13.2. The maximum Gasteiger partial charge on any atom is 0.257 e. The smallest absolute Gasteiger partial charge is 0.257 e. The van der Waals surface area contributed by atoms with Gasteiger partial charge in [-0.3, -0.25) is 14.3 Å². The van der Waals surface area contributed by atoms with Crippen molar-refractivity contribution in [1.29, 1.82) is 0 Å². The molecule has 3 heterocycles. The largest absolute Gasteiger partial charge is 0.368 e. The van der Waals surface area contributed by atoms with Gasteiger partial charge in [-0.2, -0.15) is 5.10 Å². The van der Waals surface area contributed by atoms with Gasteiger partial charge in [0.25, 0.3) is 11.8 Å². The second-order valence-electron chi connectivity index (χ2n) is 10.3. The number of ether oxygens (including phenoxy) is 1. The molecule has 1 fully saturated rings. The molecule has 10 nitrogen and oxygen atoms in total. The fraction of sp³-hybridized carbons (Fsp3) is 0.267. The quantitative estimate of drug-likeness (QED) is 0.308. The standard InChI is InChI=1S/C30H31N7O3/c1-31-28(38)22-15-32-25(34-29(39)30(12-13-30)40-18-19-8-5-4-6-9-19)14-24(22)33-23-11-7-10-21-26-20(17-37(3)35-26)16-36(2)27(21)23/h4-11,14-15,17H,12-13,16,18H2,1-3H3,(H,31,38)(H2,32,33,34,39). The average molecular weight is 538 g/mol. The molecule has 0 bridgehead atoms. The fourth-order valence-electron chi connectivity index (χ4n) is 5.13. The minimum atomic E-state index is -0.869. The number of carbonyl (C=O) groups is 2. The fourth-order valence-corrected chi connectivity index (χ4v) is 5.13. The van der Waals surface area contributed by atoms with Gasteiger partial charge in [-0.1, -0.05) is 42.5 Å². The van der Waals surface area contributed by atoms with E-state index in [2.05, 4.69) is 30.9 Å². The summed E-state index contributed by atoms with van der Waals surface area (Å²) in [5, 5.41) is 13.7. The molecule has 0 radical (unpaired) electrons. The van der Waals surface area contributed by atoms with Crippen LogP contribution in [0.2, 0.25) is 0 Å². The summed E-state index contributed by atoms with van der Waals surface area (Å²) in [7, 11) is 5.52. The number of aromatic nitrogens is 3. The first-order valence-corrected chi connectivity index (χ1v) is 13.2. The third-order valence-corrected chi connectivity index (χ3v) is 7.35. The van der Waals surface area contributed by atoms with E-state index in [-0.39, 0.29) is 11.8 Å². The summed E-state index contributed by atoms with van der Waals surface area (Å²) in [5.41, 5.74) is 5.91. The van der Waals surface area contributed by atoms with E-state index in [0.717, 1.165) is 33.8 Å². The molecular formula is C30H31N7O3. The molecule has 1 saturated carbocycles. The van der Waals surface area contributed by atoms with E-state index in [1.54, 1.807) is 13.1 Å². The Morgan fingerprint density at radius 3 is 2.60 bits per heavy atom. The number of pyridine rings is 1. The predicted molar refractivity (Wildman–Crippen MR) is 153 cm³/mol. The Morgan fingerprint density at radius 2 is 1.85 bits per heavy atom. The Balaban J connectivity index is 1.27. The van der Waals surface area contributed by atoms with Crippen LogP contribution in [0.25, 0.3) is 11.3 Å². The third kappa shape index (κ3) is 4.77. The number of hydrogen-bond acceptors (Lipinski definition) is 7. The van der Waals surface area contributed by atoms with Crippen LogP contribution in [0.1, 0.15) is 34.3 Å². The zero-order chi connectivity index (χ0) is 27.9. The molecule has 1 aliphatic heterocycles. The van der Waals surface area contributed by atoms with E-state index in [0.29, 0.717) is 43.1 Å². The van der Waals surface area contributed by atoms with Gasteiger partial charge in [-0.15, -0.1) is 0 Å². The van der Waals surface area contributed by atoms with Crippen molar-refractivity contribution in [3.63, 3.8) is 0 Å². The van der Waals surface area contributed by atoms with Crippen LogP contribution in [0.5, 0.6) is 0 Å². The highest BCUT2D eigenvalue weighted by Crippen LogP contribution is 2.44. The number of aryl methyl sites for hydroxylation is 1. The molecule has 6 rings (SSSR count). The van der Waals surface area contributed by atoms with Crippen LogP contribution in [0, 0.1) is 0 Å². The van der Waals surface area contributed by atoms with E-state index in [1.165, 1.54) is 6.20 Å². The highest BCUT2D eigenvalue weighted by molar-refractivity contribution is 6.03. The van der Waals surface area contributed by atoms with Crippen LogP contribution < -0.4 is 20.9 Å². The highest BCUT2D eigenvalue weighted by Gasteiger charge is 2.51. The molecule has 0 spiro atoms. The predicted octanol–water partition coefficient (Wildman–Crippen LogP) is 4.22. The minimum absolute atomic E-state index is 0.242. The Hall–Kier alpha value is -4.70. The molecule has 0 unspecified atom stereocenters. The lowest BCUT2D eigenvalue weighted by atomic mass is 9.99. The van der Waals surface area contributed by atoms with Crippen LogP contribution in [-0.2, 0) is 29.7 Å². The molecule has 40 heavy (non-hydrogen) atoms. The first-order chi connectivity index (χ1) is 19.4. The highest BCUT2D eigenvalue weighted by atomic mass is 16.5. The molecule has 3 N–H and O–H groups in total. The summed E-state index contributed by atoms with van der Waals surface area (Å²) < 4.78 is 7.86. The summed E-state index contributed by atoms with van der Waals surface area (Å²) in [5.74, 6) is -0.197. The van der Waals surface area contributed by atoms with Gasteiger partial charge in [-0.25, -0.2) is 4.98 Å². The zero-order valence-corrected chi connectivity index (χ0v) is 22.7. The van der Waals surface area contributed by atoms with Gasteiger partial charge in [0.2, 0.25) is 0 Å². The van der Waals surface area contributed by atoms with Crippen molar-refractivity contribution in [3.05, 3.63) is 83.7 Å². The second-order valence-corrected chi connectivity index (χ2v) is 10.3. The van der Waals surface area contributed by atoms with Crippen molar-refractivity contribution in [1.82, 2.24) is 20.1 Å². The number of fused-ring (bicyclic) bond motifs is 3. The lowest BCUT2D eigenvalue weighted by molar-refractivity contribution is -0.131.